The number of urea groups is 1. The zero-order chi connectivity index (χ0) is 20.2. The molecule has 1 fully saturated rings. The average molecular weight is 396 g/mol. The number of nitrogens with zero attached hydrogens (tertiary/aromatic N) is 5. The average Bonchev–Trinajstić information content (AvgIpc) is 3.38. The first-order chi connectivity index (χ1) is 14.1. The maximum atomic E-state index is 13.1. The van der Waals surface area contributed by atoms with E-state index in [1.807, 2.05) is 0 Å². The summed E-state index contributed by atoms with van der Waals surface area (Å²) >= 11 is 0. The maximum Gasteiger partial charge on any atom is 0.326 e. The summed E-state index contributed by atoms with van der Waals surface area (Å²) in [5, 5.41) is 9.91. The second kappa shape index (κ2) is 8.05. The number of carbonyl (C=O) groups excluding carboxylic acids is 2. The highest BCUT2D eigenvalue weighted by Crippen LogP contribution is 2.21. The molecule has 9 nitrogen and oxygen atoms in total. The molecule has 0 unspecified atom stereocenters. The summed E-state index contributed by atoms with van der Waals surface area (Å²) in [7, 11) is 0. The Morgan fingerprint density at radius 2 is 2.03 bits per heavy atom. The van der Waals surface area contributed by atoms with E-state index in [4.69, 9.17) is 4.42 Å². The molecule has 0 bridgehead atoms. The van der Waals surface area contributed by atoms with Crippen molar-refractivity contribution in [2.45, 2.75) is 13.1 Å². The quantitative estimate of drug-likeness (QED) is 0.683. The number of rotatable bonds is 6. The normalized spacial score (nSPS) is 13.8. The molecule has 3 heterocycles. The first-order valence-corrected chi connectivity index (χ1v) is 8.90. The van der Waals surface area contributed by atoms with Crippen LogP contribution in [0.1, 0.15) is 21.8 Å². The van der Waals surface area contributed by atoms with Gasteiger partial charge in [-0.25, -0.2) is 14.2 Å². The lowest BCUT2D eigenvalue weighted by Gasteiger charge is -2.18. The molecule has 1 aliphatic heterocycles. The lowest BCUT2D eigenvalue weighted by molar-refractivity contribution is 0.0947. The van der Waals surface area contributed by atoms with Crippen LogP contribution in [0.2, 0.25) is 0 Å². The SMILES string of the molecule is O=C(NCc1nnco1)c1ccnc(N2CCN(Cc3ccc(F)cc3)C2=O)c1. The molecule has 1 aliphatic rings. The smallest absolute Gasteiger partial charge is 0.326 e. The Morgan fingerprint density at radius 1 is 1.21 bits per heavy atom. The van der Waals surface area contributed by atoms with Crippen LogP contribution in [0.25, 0.3) is 0 Å². The Labute approximate surface area is 165 Å². The van der Waals surface area contributed by atoms with Gasteiger partial charge >= 0.3 is 6.03 Å². The third-order valence-corrected chi connectivity index (χ3v) is 4.47. The van der Waals surface area contributed by atoms with E-state index in [9.17, 15) is 14.0 Å². The fourth-order valence-electron chi connectivity index (χ4n) is 2.99. The molecule has 29 heavy (non-hydrogen) atoms. The lowest BCUT2D eigenvalue weighted by Crippen LogP contribution is -2.32. The van der Waals surface area contributed by atoms with Crippen LogP contribution in [0.5, 0.6) is 0 Å². The first kappa shape index (κ1) is 18.5. The van der Waals surface area contributed by atoms with Crippen molar-refractivity contribution in [3.63, 3.8) is 0 Å². The second-order valence-corrected chi connectivity index (χ2v) is 6.40. The molecular formula is C19H17FN6O3. The summed E-state index contributed by atoms with van der Waals surface area (Å²) < 4.78 is 18.0. The van der Waals surface area contributed by atoms with Crippen molar-refractivity contribution in [3.05, 3.63) is 71.8 Å². The van der Waals surface area contributed by atoms with Gasteiger partial charge in [0.05, 0.1) is 6.54 Å². The van der Waals surface area contributed by atoms with E-state index in [0.717, 1.165) is 5.56 Å². The van der Waals surface area contributed by atoms with E-state index >= 15 is 0 Å². The van der Waals surface area contributed by atoms with Gasteiger partial charge in [-0.2, -0.15) is 0 Å². The Kier molecular flexibility index (Phi) is 5.14. The molecular weight excluding hydrogens is 379 g/mol. The summed E-state index contributed by atoms with van der Waals surface area (Å²) in [5.74, 6) is 0.0176. The van der Waals surface area contributed by atoms with Crippen molar-refractivity contribution in [3.8, 4) is 0 Å². The van der Waals surface area contributed by atoms with Crippen LogP contribution in [0.15, 0.2) is 53.4 Å². The standard InChI is InChI=1S/C19H17FN6O3/c20-15-3-1-13(2-4-15)11-25-7-8-26(19(25)28)16-9-14(5-6-21-16)18(27)22-10-17-24-23-12-29-17/h1-6,9,12H,7-8,10-11H2,(H,22,27). The molecule has 4 rings (SSSR count). The molecule has 148 valence electrons. The molecule has 0 aliphatic carbocycles. The Balaban J connectivity index is 1.41. The fourth-order valence-corrected chi connectivity index (χ4v) is 2.99. The van der Waals surface area contributed by atoms with E-state index in [2.05, 4.69) is 20.5 Å². The Morgan fingerprint density at radius 3 is 2.79 bits per heavy atom. The molecule has 1 N–H and O–H groups in total. The highest BCUT2D eigenvalue weighted by atomic mass is 19.1. The van der Waals surface area contributed by atoms with Gasteiger partial charge in [0, 0.05) is 31.4 Å². The van der Waals surface area contributed by atoms with Crippen molar-refractivity contribution in [2.24, 2.45) is 0 Å². The molecule has 0 spiro atoms. The number of hydrogen-bond acceptors (Lipinski definition) is 6. The number of anilines is 1. The van der Waals surface area contributed by atoms with Gasteiger partial charge in [0.25, 0.3) is 5.91 Å². The minimum Gasteiger partial charge on any atom is -0.426 e. The summed E-state index contributed by atoms with van der Waals surface area (Å²) in [5.41, 5.74) is 1.20. The molecule has 0 atom stereocenters. The third kappa shape index (κ3) is 4.21. The summed E-state index contributed by atoms with van der Waals surface area (Å²) in [6.45, 7) is 1.43. The number of hydrogen-bond donors (Lipinski definition) is 1. The zero-order valence-corrected chi connectivity index (χ0v) is 15.3. The molecule has 2 aromatic heterocycles. The predicted octanol–water partition coefficient (Wildman–Crippen LogP) is 1.98. The van der Waals surface area contributed by atoms with Crippen LogP contribution >= 0.6 is 0 Å². The number of nitrogens with one attached hydrogen (secondary N) is 1. The van der Waals surface area contributed by atoms with Crippen LogP contribution in [-0.2, 0) is 13.1 Å². The van der Waals surface area contributed by atoms with Gasteiger partial charge in [-0.15, -0.1) is 10.2 Å². The van der Waals surface area contributed by atoms with Crippen molar-refractivity contribution >= 4 is 17.8 Å². The maximum absolute atomic E-state index is 13.1. The molecule has 1 saturated heterocycles. The molecule has 3 aromatic rings. The van der Waals surface area contributed by atoms with Crippen LogP contribution < -0.4 is 10.2 Å². The van der Waals surface area contributed by atoms with Crippen LogP contribution in [0.4, 0.5) is 15.0 Å². The summed E-state index contributed by atoms with van der Waals surface area (Å²) in [6, 6.07) is 8.93. The van der Waals surface area contributed by atoms with Gasteiger partial charge in [0.1, 0.15) is 11.6 Å². The summed E-state index contributed by atoms with van der Waals surface area (Å²) in [6.07, 6.45) is 2.66. The number of amides is 3. The number of halogens is 1. The molecule has 0 saturated carbocycles. The lowest BCUT2D eigenvalue weighted by atomic mass is 10.2. The van der Waals surface area contributed by atoms with Crippen LogP contribution in [0, 0.1) is 5.82 Å². The minimum absolute atomic E-state index is 0.102. The molecule has 3 amide bonds. The van der Waals surface area contributed by atoms with Crippen LogP contribution in [0.3, 0.4) is 0 Å². The number of aromatic nitrogens is 3. The largest absolute Gasteiger partial charge is 0.426 e. The molecule has 1 aromatic carbocycles. The van der Waals surface area contributed by atoms with Gasteiger partial charge in [-0.1, -0.05) is 12.1 Å². The van der Waals surface area contributed by atoms with E-state index in [1.165, 1.54) is 29.6 Å². The monoisotopic (exact) mass is 396 g/mol. The molecule has 0 radical (unpaired) electrons. The Bertz CT molecular complexity index is 1010. The third-order valence-electron chi connectivity index (χ3n) is 4.47. The van der Waals surface area contributed by atoms with E-state index in [0.29, 0.717) is 36.9 Å². The second-order valence-electron chi connectivity index (χ2n) is 6.40. The predicted molar refractivity (Wildman–Crippen MR) is 99.3 cm³/mol. The van der Waals surface area contributed by atoms with Crippen molar-refractivity contribution in [2.75, 3.05) is 18.0 Å². The van der Waals surface area contributed by atoms with Gasteiger partial charge in [0.15, 0.2) is 0 Å². The molecule has 10 heteroatoms. The Hall–Kier alpha value is -3.82. The highest BCUT2D eigenvalue weighted by molar-refractivity contribution is 5.97. The van der Waals surface area contributed by atoms with Gasteiger partial charge < -0.3 is 14.6 Å². The fraction of sp³-hybridized carbons (Fsp3) is 0.211. The first-order valence-electron chi connectivity index (χ1n) is 8.90. The number of carbonyl (C=O) groups is 2. The number of benzene rings is 1. The van der Waals surface area contributed by atoms with Crippen molar-refractivity contribution in [1.82, 2.24) is 25.4 Å². The van der Waals surface area contributed by atoms with Crippen molar-refractivity contribution < 1.29 is 18.4 Å². The van der Waals surface area contributed by atoms with Gasteiger partial charge in [0.2, 0.25) is 12.3 Å². The summed E-state index contributed by atoms with van der Waals surface area (Å²) in [4.78, 5) is 32.5. The van der Waals surface area contributed by atoms with Crippen molar-refractivity contribution in [1.29, 1.82) is 0 Å². The van der Waals surface area contributed by atoms with E-state index in [-0.39, 0.29) is 24.3 Å². The van der Waals surface area contributed by atoms with Gasteiger partial charge in [-0.3, -0.25) is 9.69 Å². The zero-order valence-electron chi connectivity index (χ0n) is 15.3. The van der Waals surface area contributed by atoms with Crippen LogP contribution in [-0.4, -0.2) is 45.1 Å². The topological polar surface area (TPSA) is 104 Å². The minimum atomic E-state index is -0.346. The van der Waals surface area contributed by atoms with Gasteiger partial charge in [-0.05, 0) is 29.8 Å². The number of pyridine rings is 1. The van der Waals surface area contributed by atoms with E-state index < -0.39 is 0 Å². The highest BCUT2D eigenvalue weighted by Gasteiger charge is 2.30. The van der Waals surface area contributed by atoms with E-state index in [1.54, 1.807) is 29.2 Å².